The average Bonchev–Trinajstić information content (AvgIpc) is 2.67. The SMILES string of the molecule is CNc1cn[nH]c1NC1CCNCC1. The molecular formula is C9H17N5. The summed E-state index contributed by atoms with van der Waals surface area (Å²) in [6, 6.07) is 0.559. The Morgan fingerprint density at radius 2 is 2.21 bits per heavy atom. The highest BCUT2D eigenvalue weighted by molar-refractivity contribution is 5.63. The molecule has 2 rings (SSSR count). The maximum absolute atomic E-state index is 3.99. The van der Waals surface area contributed by atoms with Crippen molar-refractivity contribution in [3.63, 3.8) is 0 Å². The maximum Gasteiger partial charge on any atom is 0.145 e. The van der Waals surface area contributed by atoms with Crippen LogP contribution in [0, 0.1) is 0 Å². The van der Waals surface area contributed by atoms with Crippen LogP contribution in [0.2, 0.25) is 0 Å². The monoisotopic (exact) mass is 195 g/mol. The average molecular weight is 195 g/mol. The first-order valence-electron chi connectivity index (χ1n) is 5.08. The number of hydrogen-bond acceptors (Lipinski definition) is 4. The van der Waals surface area contributed by atoms with Crippen molar-refractivity contribution in [1.82, 2.24) is 15.5 Å². The number of H-pyrrole nitrogens is 1. The van der Waals surface area contributed by atoms with Gasteiger partial charge in [-0.1, -0.05) is 0 Å². The normalized spacial score (nSPS) is 18.1. The van der Waals surface area contributed by atoms with E-state index in [1.807, 2.05) is 7.05 Å². The summed E-state index contributed by atoms with van der Waals surface area (Å²) in [6.45, 7) is 2.20. The molecule has 0 radical (unpaired) electrons. The molecule has 78 valence electrons. The minimum absolute atomic E-state index is 0.559. The molecule has 0 amide bonds. The van der Waals surface area contributed by atoms with Crippen molar-refractivity contribution in [2.45, 2.75) is 18.9 Å². The Morgan fingerprint density at radius 1 is 1.43 bits per heavy atom. The van der Waals surface area contributed by atoms with Crippen molar-refractivity contribution in [2.24, 2.45) is 0 Å². The molecule has 2 heterocycles. The van der Waals surface area contributed by atoms with Crippen LogP contribution in [0.5, 0.6) is 0 Å². The summed E-state index contributed by atoms with van der Waals surface area (Å²) in [5.74, 6) is 0.999. The summed E-state index contributed by atoms with van der Waals surface area (Å²) in [6.07, 6.45) is 4.13. The zero-order chi connectivity index (χ0) is 9.80. The highest BCUT2D eigenvalue weighted by atomic mass is 15.2. The summed E-state index contributed by atoms with van der Waals surface area (Å²) in [5.41, 5.74) is 1.03. The standard InChI is InChI=1S/C9H17N5/c1-10-8-6-12-14-9(8)13-7-2-4-11-5-3-7/h6-7,10-11H,2-5H2,1H3,(H2,12,13,14). The van der Waals surface area contributed by atoms with E-state index in [0.29, 0.717) is 6.04 Å². The Balaban J connectivity index is 1.95. The van der Waals surface area contributed by atoms with E-state index in [-0.39, 0.29) is 0 Å². The van der Waals surface area contributed by atoms with Crippen LogP contribution < -0.4 is 16.0 Å². The van der Waals surface area contributed by atoms with Gasteiger partial charge in [-0.25, -0.2) is 0 Å². The molecule has 1 fully saturated rings. The zero-order valence-electron chi connectivity index (χ0n) is 8.43. The molecule has 1 aromatic heterocycles. The predicted molar refractivity (Wildman–Crippen MR) is 57.6 cm³/mol. The number of rotatable bonds is 3. The molecule has 1 aliphatic rings. The van der Waals surface area contributed by atoms with Gasteiger partial charge < -0.3 is 16.0 Å². The first-order valence-corrected chi connectivity index (χ1v) is 5.08. The topological polar surface area (TPSA) is 64.8 Å². The zero-order valence-corrected chi connectivity index (χ0v) is 8.43. The van der Waals surface area contributed by atoms with Gasteiger partial charge in [0.05, 0.1) is 11.9 Å². The third kappa shape index (κ3) is 1.98. The van der Waals surface area contributed by atoms with E-state index in [2.05, 4.69) is 26.1 Å². The van der Waals surface area contributed by atoms with Crippen molar-refractivity contribution < 1.29 is 0 Å². The van der Waals surface area contributed by atoms with Gasteiger partial charge in [-0.3, -0.25) is 5.10 Å². The number of anilines is 2. The van der Waals surface area contributed by atoms with Gasteiger partial charge in [-0.2, -0.15) is 5.10 Å². The van der Waals surface area contributed by atoms with Crippen molar-refractivity contribution in [3.8, 4) is 0 Å². The summed E-state index contributed by atoms with van der Waals surface area (Å²) in [4.78, 5) is 0. The molecule has 0 unspecified atom stereocenters. The van der Waals surface area contributed by atoms with Crippen LogP contribution in [-0.4, -0.2) is 36.4 Å². The fourth-order valence-electron chi connectivity index (χ4n) is 1.76. The van der Waals surface area contributed by atoms with E-state index in [9.17, 15) is 0 Å². The second kappa shape index (κ2) is 4.32. The molecule has 0 atom stereocenters. The summed E-state index contributed by atoms with van der Waals surface area (Å²) < 4.78 is 0. The van der Waals surface area contributed by atoms with Crippen LogP contribution in [0.3, 0.4) is 0 Å². The first kappa shape index (κ1) is 9.33. The van der Waals surface area contributed by atoms with Gasteiger partial charge in [-0.05, 0) is 25.9 Å². The van der Waals surface area contributed by atoms with Crippen molar-refractivity contribution in [3.05, 3.63) is 6.20 Å². The molecule has 14 heavy (non-hydrogen) atoms. The van der Waals surface area contributed by atoms with Gasteiger partial charge in [0.2, 0.25) is 0 Å². The first-order chi connectivity index (χ1) is 6.90. The lowest BCUT2D eigenvalue weighted by Crippen LogP contribution is -2.35. The molecule has 0 aliphatic carbocycles. The van der Waals surface area contributed by atoms with Crippen molar-refractivity contribution in [2.75, 3.05) is 30.8 Å². The minimum Gasteiger partial charge on any atom is -0.384 e. The van der Waals surface area contributed by atoms with Crippen LogP contribution in [0.1, 0.15) is 12.8 Å². The van der Waals surface area contributed by atoms with Crippen LogP contribution >= 0.6 is 0 Å². The number of nitrogens with zero attached hydrogens (tertiary/aromatic N) is 1. The second-order valence-corrected chi connectivity index (χ2v) is 3.58. The van der Waals surface area contributed by atoms with Gasteiger partial charge in [-0.15, -0.1) is 0 Å². The van der Waals surface area contributed by atoms with E-state index in [1.165, 1.54) is 12.8 Å². The van der Waals surface area contributed by atoms with Gasteiger partial charge in [0, 0.05) is 13.1 Å². The highest BCUT2D eigenvalue weighted by Crippen LogP contribution is 2.19. The molecule has 5 nitrogen and oxygen atoms in total. The molecule has 0 spiro atoms. The number of hydrogen-bond donors (Lipinski definition) is 4. The van der Waals surface area contributed by atoms with E-state index in [1.54, 1.807) is 6.20 Å². The molecular weight excluding hydrogens is 178 g/mol. The van der Waals surface area contributed by atoms with Crippen LogP contribution in [0.15, 0.2) is 6.20 Å². The highest BCUT2D eigenvalue weighted by Gasteiger charge is 2.14. The number of aromatic nitrogens is 2. The van der Waals surface area contributed by atoms with E-state index in [4.69, 9.17) is 0 Å². The summed E-state index contributed by atoms with van der Waals surface area (Å²) in [7, 11) is 1.90. The number of nitrogens with one attached hydrogen (secondary N) is 4. The molecule has 1 aromatic rings. The molecule has 1 aliphatic heterocycles. The maximum atomic E-state index is 3.99. The largest absolute Gasteiger partial charge is 0.384 e. The Kier molecular flexibility index (Phi) is 2.88. The Labute approximate surface area is 83.7 Å². The van der Waals surface area contributed by atoms with Gasteiger partial charge in [0.1, 0.15) is 5.82 Å². The van der Waals surface area contributed by atoms with E-state index in [0.717, 1.165) is 24.6 Å². The van der Waals surface area contributed by atoms with Crippen LogP contribution in [0.4, 0.5) is 11.5 Å². The molecule has 0 aromatic carbocycles. The minimum atomic E-state index is 0.559. The lowest BCUT2D eigenvalue weighted by molar-refractivity contribution is 0.478. The van der Waals surface area contributed by atoms with E-state index >= 15 is 0 Å². The number of aromatic amines is 1. The molecule has 1 saturated heterocycles. The quantitative estimate of drug-likeness (QED) is 0.571. The molecule has 5 heteroatoms. The summed E-state index contributed by atoms with van der Waals surface area (Å²) >= 11 is 0. The molecule has 0 bridgehead atoms. The lowest BCUT2D eigenvalue weighted by atomic mass is 10.1. The van der Waals surface area contributed by atoms with E-state index < -0.39 is 0 Å². The number of piperidine rings is 1. The van der Waals surface area contributed by atoms with Gasteiger partial charge >= 0.3 is 0 Å². The van der Waals surface area contributed by atoms with Crippen molar-refractivity contribution >= 4 is 11.5 Å². The van der Waals surface area contributed by atoms with Crippen LogP contribution in [0.25, 0.3) is 0 Å². The Bertz CT molecular complexity index is 276. The van der Waals surface area contributed by atoms with Crippen LogP contribution in [-0.2, 0) is 0 Å². The van der Waals surface area contributed by atoms with Crippen molar-refractivity contribution in [1.29, 1.82) is 0 Å². The van der Waals surface area contributed by atoms with Gasteiger partial charge in [0.15, 0.2) is 0 Å². The fraction of sp³-hybridized carbons (Fsp3) is 0.667. The Morgan fingerprint density at radius 3 is 2.93 bits per heavy atom. The fourth-order valence-corrected chi connectivity index (χ4v) is 1.76. The molecule has 4 N–H and O–H groups in total. The second-order valence-electron chi connectivity index (χ2n) is 3.58. The van der Waals surface area contributed by atoms with Gasteiger partial charge in [0.25, 0.3) is 0 Å². The lowest BCUT2D eigenvalue weighted by Gasteiger charge is -2.24. The summed E-state index contributed by atoms with van der Waals surface area (Å²) in [5, 5.41) is 16.8. The third-order valence-corrected chi connectivity index (χ3v) is 2.60. The third-order valence-electron chi connectivity index (χ3n) is 2.60. The smallest absolute Gasteiger partial charge is 0.145 e. The predicted octanol–water partition coefficient (Wildman–Crippen LogP) is 0.615. The Hall–Kier alpha value is -1.23. The molecule has 0 saturated carbocycles.